The second-order valence-corrected chi connectivity index (χ2v) is 25.4. The summed E-state index contributed by atoms with van der Waals surface area (Å²) < 4.78 is 16.0. The molecule has 5 atom stereocenters. The summed E-state index contributed by atoms with van der Waals surface area (Å²) in [7, 11) is -2.30. The van der Waals surface area contributed by atoms with Crippen molar-refractivity contribution in [3.8, 4) is 56.4 Å². The van der Waals surface area contributed by atoms with E-state index in [2.05, 4.69) is 162 Å². The van der Waals surface area contributed by atoms with Gasteiger partial charge in [0.05, 0.1) is 24.2 Å². The number of rotatable bonds is 13. The van der Waals surface area contributed by atoms with Crippen molar-refractivity contribution >= 4 is 30.8 Å². The van der Waals surface area contributed by atoms with Crippen LogP contribution >= 0.6 is 11.6 Å². The van der Waals surface area contributed by atoms with Crippen LogP contribution in [-0.2, 0) is 6.54 Å². The first-order chi connectivity index (χ1) is 32.9. The van der Waals surface area contributed by atoms with Gasteiger partial charge in [0.1, 0.15) is 23.5 Å². The maximum Gasteiger partial charge on any atom is 0.250 e. The molecule has 3 saturated heterocycles. The van der Waals surface area contributed by atoms with Gasteiger partial charge in [-0.25, -0.2) is 4.98 Å². The summed E-state index contributed by atoms with van der Waals surface area (Å²) in [5, 5.41) is 1.41. The molecule has 0 aliphatic carbocycles. The Morgan fingerprint density at radius 2 is 1.32 bits per heavy atom. The highest BCUT2D eigenvalue weighted by Gasteiger charge is 2.55. The number of benzene rings is 6. The van der Waals surface area contributed by atoms with Crippen molar-refractivity contribution in [1.82, 2.24) is 15.0 Å². The summed E-state index contributed by atoms with van der Waals surface area (Å²) in [6, 6.07) is 57.3. The number of pyridine rings is 1. The van der Waals surface area contributed by atoms with Crippen molar-refractivity contribution in [2.24, 2.45) is 11.8 Å². The van der Waals surface area contributed by atoms with E-state index in [9.17, 15) is 0 Å². The van der Waals surface area contributed by atoms with Crippen LogP contribution in [0.5, 0.6) is 11.6 Å². The van der Waals surface area contributed by atoms with Gasteiger partial charge in [0.15, 0.2) is 11.9 Å². The number of nitrogens with zero attached hydrogens (tertiary/aromatic N) is 4. The number of piperidine rings is 3. The molecule has 11 rings (SSSR count). The number of halogens is 2. The van der Waals surface area contributed by atoms with Crippen molar-refractivity contribution in [2.75, 3.05) is 13.1 Å². The molecule has 2 aromatic heterocycles. The Hall–Kier alpha value is -5.90. The van der Waals surface area contributed by atoms with Crippen molar-refractivity contribution in [3.05, 3.63) is 199 Å². The van der Waals surface area contributed by atoms with Crippen LogP contribution in [0.1, 0.15) is 50.8 Å². The highest BCUT2D eigenvalue weighted by atomic mass is 79.9. The molecule has 3 aliphatic rings. The fourth-order valence-electron chi connectivity index (χ4n) is 10.6. The number of quaternary nitrogens is 1. The van der Waals surface area contributed by atoms with Crippen molar-refractivity contribution in [3.63, 3.8) is 0 Å². The summed E-state index contributed by atoms with van der Waals surface area (Å²) in [6.07, 6.45) is 5.77. The maximum absolute atomic E-state index is 7.73. The van der Waals surface area contributed by atoms with Crippen LogP contribution in [0.4, 0.5) is 0 Å². The van der Waals surface area contributed by atoms with Crippen LogP contribution in [0.15, 0.2) is 183 Å². The molecule has 0 saturated carbocycles. The maximum atomic E-state index is 7.73. The summed E-state index contributed by atoms with van der Waals surface area (Å²) in [4.78, 5) is 15.1. The van der Waals surface area contributed by atoms with Crippen molar-refractivity contribution in [2.45, 2.75) is 70.4 Å². The lowest BCUT2D eigenvalue weighted by Crippen LogP contribution is -3.00. The first-order valence-corrected chi connectivity index (χ1v) is 27.3. The largest absolute Gasteiger partial charge is 1.00 e. The van der Waals surface area contributed by atoms with Crippen LogP contribution in [-0.4, -0.2) is 46.9 Å². The third kappa shape index (κ3) is 9.57. The molecule has 0 unspecified atom stereocenters. The first-order valence-electron chi connectivity index (χ1n) is 24.1. The number of hydrogen-bond donors (Lipinski definition) is 0. The molecular formula is C60H60BrClN4O2Si. The van der Waals surface area contributed by atoms with E-state index >= 15 is 0 Å². The number of ether oxygens (including phenoxy) is 1. The molecule has 5 heterocycles. The average Bonchev–Trinajstić information content (AvgIpc) is 3.36. The van der Waals surface area contributed by atoms with Gasteiger partial charge < -0.3 is 30.6 Å². The summed E-state index contributed by atoms with van der Waals surface area (Å²) >= 11 is 7.31. The average molecular weight is 1010 g/mol. The standard InChI is InChI=1S/C60H60ClN4O2Si.BrH/c1-7-42-40-65(39-41-36-50(43-22-12-8-13-23-43)55(67-68(5,6)60(2,3)4)51(37-41)44-24-14-9-15-25-44)35-33-47(42)38-53(65)56(49-32-34-62-52-31-21-20-30-48(49)52)66-59-54(45-26-16-10-17-27-45)57(61)63-58(64-59)46-28-18-11-19-29-46;/h7-32,34,36-37,42,47,53,56H,1,33,35,38-40H2,2-6H3;1H/q+1;/p-1/t42-,47-,53+,56-,65+;/m0./s1. The zero-order valence-corrected chi connectivity index (χ0v) is 43.5. The Morgan fingerprint density at radius 3 is 1.91 bits per heavy atom. The van der Waals surface area contributed by atoms with Crippen molar-refractivity contribution in [1.29, 1.82) is 0 Å². The Morgan fingerprint density at radius 1 is 0.754 bits per heavy atom. The van der Waals surface area contributed by atoms with E-state index in [1.807, 2.05) is 54.7 Å². The van der Waals surface area contributed by atoms with Crippen LogP contribution in [0, 0.1) is 11.8 Å². The lowest BCUT2D eigenvalue weighted by molar-refractivity contribution is -0.984. The predicted octanol–water partition coefficient (Wildman–Crippen LogP) is 12.5. The number of aromatic nitrogens is 3. The van der Waals surface area contributed by atoms with Crippen LogP contribution in [0.25, 0.3) is 55.7 Å². The molecule has 0 radical (unpaired) electrons. The number of para-hydroxylation sites is 1. The molecule has 8 aromatic rings. The number of fused-ring (bicyclic) bond motifs is 4. The Bertz CT molecular complexity index is 3010. The van der Waals surface area contributed by atoms with Crippen LogP contribution < -0.4 is 26.1 Å². The molecule has 0 N–H and O–H groups in total. The molecule has 2 bridgehead atoms. The lowest BCUT2D eigenvalue weighted by Gasteiger charge is -2.58. The van der Waals surface area contributed by atoms with Gasteiger partial charge in [-0.1, -0.05) is 178 Å². The van der Waals surface area contributed by atoms with Gasteiger partial charge in [0.2, 0.25) is 5.88 Å². The Balaban J connectivity index is 0.00000593. The molecule has 0 spiro atoms. The molecule has 69 heavy (non-hydrogen) atoms. The fourth-order valence-corrected chi connectivity index (χ4v) is 11.9. The molecule has 6 aromatic carbocycles. The Kier molecular flexibility index (Phi) is 13.8. The molecule has 350 valence electrons. The van der Waals surface area contributed by atoms with E-state index in [1.54, 1.807) is 0 Å². The van der Waals surface area contributed by atoms with Crippen LogP contribution in [0.2, 0.25) is 23.3 Å². The van der Waals surface area contributed by atoms with Gasteiger partial charge in [0, 0.05) is 58.2 Å². The lowest BCUT2D eigenvalue weighted by atomic mass is 9.71. The molecule has 3 aliphatic heterocycles. The van der Waals surface area contributed by atoms with Gasteiger partial charge >= 0.3 is 0 Å². The smallest absolute Gasteiger partial charge is 0.250 e. The van der Waals surface area contributed by atoms with Gasteiger partial charge in [-0.05, 0) is 65.0 Å². The summed E-state index contributed by atoms with van der Waals surface area (Å²) in [6.45, 7) is 18.8. The molecule has 9 heteroatoms. The summed E-state index contributed by atoms with van der Waals surface area (Å²) in [5.74, 6) is 2.76. The minimum Gasteiger partial charge on any atom is -1.00 e. The molecule has 3 fully saturated rings. The Labute approximate surface area is 424 Å². The minimum atomic E-state index is -2.30. The van der Waals surface area contributed by atoms with Crippen molar-refractivity contribution < 1.29 is 30.6 Å². The SMILES string of the molecule is C=C[C@H]1C[N@+]2(Cc3cc(-c4ccccc4)c(O[Si](C)(C)C(C)(C)C)c(-c4ccccc4)c3)CC[C@H]1C[C@@H]2[C@@H](Oc1nc(-c2ccccc2)nc(Cl)c1-c1ccccc1)c1ccnc2ccccc12.[Br-]. The zero-order chi connectivity index (χ0) is 47.0. The van der Waals surface area contributed by atoms with E-state index < -0.39 is 14.4 Å². The first kappa shape index (κ1) is 48.1. The fraction of sp³-hybridized carbons (Fsp3) is 0.250. The topological polar surface area (TPSA) is 57.1 Å². The van der Waals surface area contributed by atoms with Crippen LogP contribution in [0.3, 0.4) is 0 Å². The second kappa shape index (κ2) is 19.8. The predicted molar refractivity (Wildman–Crippen MR) is 282 cm³/mol. The van der Waals surface area contributed by atoms with E-state index in [4.69, 9.17) is 35.7 Å². The third-order valence-electron chi connectivity index (χ3n) is 15.2. The molecular weight excluding hydrogens is 952 g/mol. The monoisotopic (exact) mass is 1010 g/mol. The highest BCUT2D eigenvalue weighted by Crippen LogP contribution is 2.52. The normalized spacial score (nSPS) is 19.4. The highest BCUT2D eigenvalue weighted by molar-refractivity contribution is 6.74. The van der Waals surface area contributed by atoms with E-state index in [0.29, 0.717) is 34.3 Å². The van der Waals surface area contributed by atoms with E-state index in [1.165, 1.54) is 5.56 Å². The zero-order valence-electron chi connectivity index (χ0n) is 40.2. The van der Waals surface area contributed by atoms with Gasteiger partial charge in [-0.2, -0.15) is 4.98 Å². The van der Waals surface area contributed by atoms with E-state index in [-0.39, 0.29) is 28.1 Å². The summed E-state index contributed by atoms with van der Waals surface area (Å²) in [5.41, 5.74) is 10.3. The quantitative estimate of drug-likeness (QED) is 0.0498. The molecule has 6 nitrogen and oxygen atoms in total. The van der Waals surface area contributed by atoms with Gasteiger partial charge in [-0.3, -0.25) is 4.98 Å². The van der Waals surface area contributed by atoms with E-state index in [0.717, 1.165) is 92.6 Å². The second-order valence-electron chi connectivity index (χ2n) is 20.4. The van der Waals surface area contributed by atoms with Gasteiger partial charge in [-0.15, -0.1) is 6.58 Å². The number of hydrogen-bond acceptors (Lipinski definition) is 5. The third-order valence-corrected chi connectivity index (χ3v) is 19.8. The van der Waals surface area contributed by atoms with Gasteiger partial charge in [0.25, 0.3) is 8.32 Å². The minimum absolute atomic E-state index is 0. The molecule has 0 amide bonds.